The molecule has 2 heterocycles. The molecule has 0 radical (unpaired) electrons. The van der Waals surface area contributed by atoms with Gasteiger partial charge in [0.2, 0.25) is 29.5 Å². The standard InChI is InChI=1S/C35H52N6O10/c1-5-20(4)29(34(49)41-17-7-8-25(41)30(45)38-24(35(50)51)18-21-10-12-22(42)13-11-21)39-31(46)26-9-6-16-40(26)33(48)23(14-15-27(43)44)37-32(47)28(36)19(2)3/h10-13,19-20,23-26,28-29,42H,5-9,14-18,36H2,1-4H3,(H,37,47)(H,38,45)(H,39,46)(H,43,44)(H,50,51)/t20-,23-,24-,25+,26+,28+,29-/m1/s1. The van der Waals surface area contributed by atoms with Crippen molar-refractivity contribution in [1.29, 1.82) is 0 Å². The molecule has 2 fully saturated rings. The van der Waals surface area contributed by atoms with Crippen LogP contribution in [0.1, 0.15) is 78.2 Å². The van der Waals surface area contributed by atoms with Crippen LogP contribution >= 0.6 is 0 Å². The van der Waals surface area contributed by atoms with Gasteiger partial charge >= 0.3 is 11.9 Å². The predicted octanol–water partition coefficient (Wildman–Crippen LogP) is 0.350. The third-order valence-electron chi connectivity index (χ3n) is 9.73. The number of phenols is 1. The molecule has 16 nitrogen and oxygen atoms in total. The minimum absolute atomic E-state index is 0.0145. The number of carboxylic acids is 2. The summed E-state index contributed by atoms with van der Waals surface area (Å²) in [6.45, 7) is 7.48. The molecule has 3 rings (SSSR count). The second kappa shape index (κ2) is 18.5. The van der Waals surface area contributed by atoms with E-state index in [1.54, 1.807) is 32.9 Å². The van der Waals surface area contributed by atoms with Crippen LogP contribution < -0.4 is 21.7 Å². The molecule has 16 heteroatoms. The Labute approximate surface area is 297 Å². The van der Waals surface area contributed by atoms with Crippen molar-refractivity contribution < 1.29 is 48.9 Å². The number of phenolic OH excluding ortho intramolecular Hbond substituents is 1. The molecule has 0 spiro atoms. The number of nitrogens with one attached hydrogen (secondary N) is 3. The van der Waals surface area contributed by atoms with Gasteiger partial charge in [-0.1, -0.05) is 46.2 Å². The van der Waals surface area contributed by atoms with E-state index < -0.39 is 84.1 Å². The lowest BCUT2D eigenvalue weighted by atomic mass is 9.96. The zero-order valence-electron chi connectivity index (χ0n) is 29.7. The molecular weight excluding hydrogens is 664 g/mol. The fraction of sp³-hybridized carbons (Fsp3) is 0.629. The summed E-state index contributed by atoms with van der Waals surface area (Å²) in [4.78, 5) is 93.8. The molecule has 1 aromatic carbocycles. The van der Waals surface area contributed by atoms with Crippen LogP contribution in [0, 0.1) is 11.8 Å². The monoisotopic (exact) mass is 716 g/mol. The lowest BCUT2D eigenvalue weighted by Gasteiger charge is -2.34. The quantitative estimate of drug-likeness (QED) is 0.116. The number of hydrogen-bond acceptors (Lipinski definition) is 9. The van der Waals surface area contributed by atoms with Crippen LogP contribution in [0.2, 0.25) is 0 Å². The highest BCUT2D eigenvalue weighted by molar-refractivity contribution is 5.97. The molecule has 0 aromatic heterocycles. The number of aromatic hydroxyl groups is 1. The first-order valence-corrected chi connectivity index (χ1v) is 17.6. The van der Waals surface area contributed by atoms with Crippen molar-refractivity contribution in [3.8, 4) is 5.75 Å². The van der Waals surface area contributed by atoms with E-state index in [1.165, 1.54) is 21.9 Å². The van der Waals surface area contributed by atoms with Crippen LogP contribution in [-0.4, -0.2) is 116 Å². The molecule has 7 atom stereocenters. The molecule has 2 aliphatic rings. The van der Waals surface area contributed by atoms with Gasteiger partial charge in [-0.15, -0.1) is 0 Å². The van der Waals surface area contributed by atoms with E-state index in [4.69, 9.17) is 5.73 Å². The highest BCUT2D eigenvalue weighted by Gasteiger charge is 2.43. The Morgan fingerprint density at radius 2 is 1.37 bits per heavy atom. The molecule has 0 saturated carbocycles. The highest BCUT2D eigenvalue weighted by Crippen LogP contribution is 2.24. The number of carbonyl (C=O) groups is 7. The summed E-state index contributed by atoms with van der Waals surface area (Å²) in [5.74, 6) is -6.01. The van der Waals surface area contributed by atoms with Crippen LogP contribution in [0.3, 0.4) is 0 Å². The Bertz CT molecular complexity index is 1440. The Morgan fingerprint density at radius 3 is 1.88 bits per heavy atom. The van der Waals surface area contributed by atoms with Crippen molar-refractivity contribution >= 4 is 41.5 Å². The number of rotatable bonds is 17. The number of amides is 5. The van der Waals surface area contributed by atoms with Gasteiger partial charge in [-0.25, -0.2) is 4.79 Å². The zero-order chi connectivity index (χ0) is 38.0. The average molecular weight is 717 g/mol. The summed E-state index contributed by atoms with van der Waals surface area (Å²) in [6, 6.07) is -0.550. The molecule has 282 valence electrons. The topological polar surface area (TPSA) is 249 Å². The van der Waals surface area contributed by atoms with Crippen LogP contribution in [0.4, 0.5) is 0 Å². The molecule has 0 unspecified atom stereocenters. The number of carbonyl (C=O) groups excluding carboxylic acids is 5. The number of likely N-dealkylation sites (tertiary alicyclic amines) is 2. The van der Waals surface area contributed by atoms with Crippen molar-refractivity contribution in [3.05, 3.63) is 29.8 Å². The second-order valence-corrected chi connectivity index (χ2v) is 13.8. The van der Waals surface area contributed by atoms with Gasteiger partial charge in [-0.05, 0) is 61.6 Å². The summed E-state index contributed by atoms with van der Waals surface area (Å²) in [7, 11) is 0. The van der Waals surface area contributed by atoms with Crippen molar-refractivity contribution in [2.24, 2.45) is 17.6 Å². The SMILES string of the molecule is CC[C@@H](C)[C@@H](NC(=O)[C@@H]1CCCN1C(=O)[C@@H](CCC(=O)O)NC(=O)[C@@H](N)C(C)C)C(=O)N1CCC[C@H]1C(=O)N[C@H](Cc1ccc(O)cc1)C(=O)O. The zero-order valence-corrected chi connectivity index (χ0v) is 29.7. The van der Waals surface area contributed by atoms with E-state index in [-0.39, 0.29) is 49.9 Å². The predicted molar refractivity (Wildman–Crippen MR) is 184 cm³/mol. The molecule has 0 aliphatic carbocycles. The van der Waals surface area contributed by atoms with Crippen molar-refractivity contribution in [3.63, 3.8) is 0 Å². The van der Waals surface area contributed by atoms with Gasteiger partial charge in [0, 0.05) is 25.9 Å². The maximum atomic E-state index is 14.1. The molecule has 1 aromatic rings. The van der Waals surface area contributed by atoms with Gasteiger partial charge in [-0.2, -0.15) is 0 Å². The number of carboxylic acid groups (broad SMARTS) is 2. The van der Waals surface area contributed by atoms with Crippen LogP contribution in [-0.2, 0) is 40.0 Å². The first-order valence-electron chi connectivity index (χ1n) is 17.6. The van der Waals surface area contributed by atoms with E-state index in [0.717, 1.165) is 0 Å². The summed E-state index contributed by atoms with van der Waals surface area (Å²) in [5.41, 5.74) is 6.54. The summed E-state index contributed by atoms with van der Waals surface area (Å²) in [5, 5.41) is 36.6. The van der Waals surface area contributed by atoms with E-state index >= 15 is 0 Å². The third kappa shape index (κ3) is 10.9. The first-order chi connectivity index (χ1) is 24.0. The van der Waals surface area contributed by atoms with Crippen molar-refractivity contribution in [1.82, 2.24) is 25.8 Å². The van der Waals surface area contributed by atoms with Crippen molar-refractivity contribution in [2.45, 2.75) is 115 Å². The van der Waals surface area contributed by atoms with Gasteiger partial charge in [0.25, 0.3) is 0 Å². The van der Waals surface area contributed by atoms with E-state index in [2.05, 4.69) is 16.0 Å². The largest absolute Gasteiger partial charge is 0.508 e. The first kappa shape index (κ1) is 40.7. The van der Waals surface area contributed by atoms with Gasteiger partial charge in [0.1, 0.15) is 36.0 Å². The summed E-state index contributed by atoms with van der Waals surface area (Å²) in [6.07, 6.45) is 1.33. The maximum Gasteiger partial charge on any atom is 0.326 e. The molecular formula is C35H52N6O10. The maximum absolute atomic E-state index is 14.1. The molecule has 8 N–H and O–H groups in total. The lowest BCUT2D eigenvalue weighted by molar-refractivity contribution is -0.146. The number of nitrogens with zero attached hydrogens (tertiary/aromatic N) is 2. The van der Waals surface area contributed by atoms with Gasteiger partial charge < -0.3 is 46.8 Å². The second-order valence-electron chi connectivity index (χ2n) is 13.8. The van der Waals surface area contributed by atoms with Gasteiger partial charge in [0.05, 0.1) is 6.04 Å². The fourth-order valence-electron chi connectivity index (χ4n) is 6.35. The van der Waals surface area contributed by atoms with Crippen LogP contribution in [0.5, 0.6) is 5.75 Å². The summed E-state index contributed by atoms with van der Waals surface area (Å²) < 4.78 is 0. The number of hydrogen-bond donors (Lipinski definition) is 7. The van der Waals surface area contributed by atoms with E-state index in [0.29, 0.717) is 31.2 Å². The van der Waals surface area contributed by atoms with Crippen LogP contribution in [0.25, 0.3) is 0 Å². The van der Waals surface area contributed by atoms with Crippen LogP contribution in [0.15, 0.2) is 24.3 Å². The average Bonchev–Trinajstić information content (AvgIpc) is 3.79. The van der Waals surface area contributed by atoms with E-state index in [1.807, 2.05) is 6.92 Å². The van der Waals surface area contributed by atoms with Gasteiger partial charge in [0.15, 0.2) is 0 Å². The number of nitrogens with two attached hydrogens (primary N) is 1. The summed E-state index contributed by atoms with van der Waals surface area (Å²) >= 11 is 0. The van der Waals surface area contributed by atoms with Crippen molar-refractivity contribution in [2.75, 3.05) is 13.1 Å². The molecule has 2 aliphatic heterocycles. The Hall–Kier alpha value is -4.73. The Morgan fingerprint density at radius 1 is 0.824 bits per heavy atom. The normalized spacial score (nSPS) is 20.2. The minimum Gasteiger partial charge on any atom is -0.508 e. The number of benzene rings is 1. The third-order valence-corrected chi connectivity index (χ3v) is 9.73. The molecule has 5 amide bonds. The fourth-order valence-corrected chi connectivity index (χ4v) is 6.35. The Kier molecular flexibility index (Phi) is 14.8. The minimum atomic E-state index is -1.29. The Balaban J connectivity index is 1.75. The lowest BCUT2D eigenvalue weighted by Crippen LogP contribution is -2.60. The smallest absolute Gasteiger partial charge is 0.326 e. The van der Waals surface area contributed by atoms with Gasteiger partial charge in [-0.3, -0.25) is 28.8 Å². The highest BCUT2D eigenvalue weighted by atomic mass is 16.4. The molecule has 2 saturated heterocycles. The molecule has 51 heavy (non-hydrogen) atoms. The number of aliphatic carboxylic acids is 2. The van der Waals surface area contributed by atoms with E-state index in [9.17, 15) is 48.9 Å². The molecule has 0 bridgehead atoms.